The molecule has 1 aliphatic heterocycles. The Kier molecular flexibility index (Phi) is 3.07. The number of carbonyl (C=O) groups is 1. The number of nitrogens with one attached hydrogen (secondary N) is 2. The Labute approximate surface area is 109 Å². The van der Waals surface area contributed by atoms with E-state index in [9.17, 15) is 15.0 Å². The highest BCUT2D eigenvalue weighted by molar-refractivity contribution is 5.97. The van der Waals surface area contributed by atoms with Crippen LogP contribution >= 0.6 is 0 Å². The van der Waals surface area contributed by atoms with Crippen LogP contribution in [0.5, 0.6) is 0 Å². The molecule has 0 saturated carbocycles. The van der Waals surface area contributed by atoms with Gasteiger partial charge in [-0.15, -0.1) is 0 Å². The van der Waals surface area contributed by atoms with Crippen LogP contribution < -0.4 is 10.6 Å². The van der Waals surface area contributed by atoms with Gasteiger partial charge in [0.15, 0.2) is 23.0 Å². The maximum atomic E-state index is 11.8. The third-order valence-electron chi connectivity index (χ3n) is 2.99. The van der Waals surface area contributed by atoms with Crippen LogP contribution in [0.3, 0.4) is 0 Å². The first kappa shape index (κ1) is 13.5. The quantitative estimate of drug-likeness (QED) is 0.550. The molecule has 1 aromatic rings. The van der Waals surface area contributed by atoms with Gasteiger partial charge in [0.05, 0.1) is 6.61 Å². The molecular formula is C11H16N4O4. The molecule has 1 aromatic heterocycles. The smallest absolute Gasteiger partial charge is 0.359 e. The van der Waals surface area contributed by atoms with E-state index in [-0.39, 0.29) is 23.8 Å². The van der Waals surface area contributed by atoms with Crippen LogP contribution in [0, 0.1) is 0 Å². The number of ether oxygens (including phenoxy) is 1. The third-order valence-corrected chi connectivity index (χ3v) is 2.99. The standard InChI is InChI=1S/C11H16N4O4/c1-4-19-9(16)7-6-8(13-5-12-7)15-11(3,18)10(2,17)14-6/h5,14,17-18H,4H2,1-3H3,(H,12,13,15). The summed E-state index contributed by atoms with van der Waals surface area (Å²) in [6, 6.07) is 0. The molecule has 0 fully saturated rings. The van der Waals surface area contributed by atoms with Gasteiger partial charge in [-0.25, -0.2) is 14.8 Å². The second kappa shape index (κ2) is 4.32. The van der Waals surface area contributed by atoms with E-state index in [1.54, 1.807) is 6.92 Å². The SMILES string of the molecule is CCOC(=O)c1ncnc2c1NC(C)(O)C(C)(O)N2. The summed E-state index contributed by atoms with van der Waals surface area (Å²) in [5.41, 5.74) is -3.17. The van der Waals surface area contributed by atoms with Crippen LogP contribution in [0.15, 0.2) is 6.33 Å². The number of fused-ring (bicyclic) bond motifs is 1. The summed E-state index contributed by atoms with van der Waals surface area (Å²) in [7, 11) is 0. The first-order valence-corrected chi connectivity index (χ1v) is 5.81. The lowest BCUT2D eigenvalue weighted by atomic mass is 9.99. The molecule has 0 saturated heterocycles. The zero-order valence-corrected chi connectivity index (χ0v) is 10.9. The fourth-order valence-corrected chi connectivity index (χ4v) is 1.67. The van der Waals surface area contributed by atoms with Gasteiger partial charge in [0.25, 0.3) is 0 Å². The minimum absolute atomic E-state index is 0.00451. The average Bonchev–Trinajstić information content (AvgIpc) is 2.29. The molecule has 0 radical (unpaired) electrons. The van der Waals surface area contributed by atoms with Crippen molar-refractivity contribution in [2.45, 2.75) is 32.2 Å². The number of rotatable bonds is 2. The molecule has 2 atom stereocenters. The van der Waals surface area contributed by atoms with E-state index in [1.165, 1.54) is 20.2 Å². The summed E-state index contributed by atoms with van der Waals surface area (Å²) in [5.74, 6) is -0.414. The summed E-state index contributed by atoms with van der Waals surface area (Å²) in [5, 5.41) is 25.5. The summed E-state index contributed by atoms with van der Waals surface area (Å²) < 4.78 is 4.87. The summed E-state index contributed by atoms with van der Waals surface area (Å²) in [6.45, 7) is 4.64. The van der Waals surface area contributed by atoms with Crippen molar-refractivity contribution in [2.75, 3.05) is 17.2 Å². The molecule has 8 nitrogen and oxygen atoms in total. The molecule has 8 heteroatoms. The van der Waals surface area contributed by atoms with Crippen LogP contribution in [0.25, 0.3) is 0 Å². The van der Waals surface area contributed by atoms with E-state index in [2.05, 4.69) is 20.6 Å². The van der Waals surface area contributed by atoms with Gasteiger partial charge in [0.2, 0.25) is 0 Å². The first-order valence-electron chi connectivity index (χ1n) is 5.81. The van der Waals surface area contributed by atoms with Crippen molar-refractivity contribution >= 4 is 17.5 Å². The van der Waals surface area contributed by atoms with E-state index in [4.69, 9.17) is 4.74 Å². The number of carbonyl (C=O) groups excluding carboxylic acids is 1. The number of aromatic nitrogens is 2. The van der Waals surface area contributed by atoms with Gasteiger partial charge >= 0.3 is 5.97 Å². The zero-order valence-electron chi connectivity index (χ0n) is 10.9. The van der Waals surface area contributed by atoms with Gasteiger partial charge < -0.3 is 25.6 Å². The highest BCUT2D eigenvalue weighted by Gasteiger charge is 2.47. The van der Waals surface area contributed by atoms with E-state index >= 15 is 0 Å². The first-order chi connectivity index (χ1) is 8.78. The molecule has 0 amide bonds. The summed E-state index contributed by atoms with van der Waals surface area (Å²) in [4.78, 5) is 19.5. The second-order valence-electron chi connectivity index (χ2n) is 4.56. The van der Waals surface area contributed by atoms with Crippen molar-refractivity contribution < 1.29 is 19.7 Å². The van der Waals surface area contributed by atoms with Gasteiger partial charge in [-0.1, -0.05) is 0 Å². The van der Waals surface area contributed by atoms with Gasteiger partial charge in [0.1, 0.15) is 12.0 Å². The van der Waals surface area contributed by atoms with Crippen LogP contribution in [0.4, 0.5) is 11.5 Å². The minimum atomic E-state index is -1.70. The molecule has 0 aromatic carbocycles. The number of aliphatic hydroxyl groups is 2. The van der Waals surface area contributed by atoms with Gasteiger partial charge in [-0.3, -0.25) is 0 Å². The van der Waals surface area contributed by atoms with Crippen LogP contribution in [0.1, 0.15) is 31.3 Å². The van der Waals surface area contributed by atoms with Crippen molar-refractivity contribution in [3.8, 4) is 0 Å². The molecule has 2 unspecified atom stereocenters. The fraction of sp³-hybridized carbons (Fsp3) is 0.545. The zero-order chi connectivity index (χ0) is 14.3. The largest absolute Gasteiger partial charge is 0.461 e. The molecule has 2 rings (SSSR count). The lowest BCUT2D eigenvalue weighted by Gasteiger charge is -2.44. The average molecular weight is 268 g/mol. The van der Waals surface area contributed by atoms with Crippen molar-refractivity contribution in [1.29, 1.82) is 0 Å². The second-order valence-corrected chi connectivity index (χ2v) is 4.56. The Balaban J connectivity index is 2.47. The van der Waals surface area contributed by atoms with Crippen molar-refractivity contribution in [2.24, 2.45) is 0 Å². The third kappa shape index (κ3) is 2.20. The minimum Gasteiger partial charge on any atom is -0.461 e. The maximum absolute atomic E-state index is 11.8. The van der Waals surface area contributed by atoms with Crippen LogP contribution in [0.2, 0.25) is 0 Å². The Bertz CT molecular complexity index is 515. The van der Waals surface area contributed by atoms with Gasteiger partial charge in [-0.2, -0.15) is 0 Å². The van der Waals surface area contributed by atoms with E-state index < -0.39 is 17.4 Å². The Morgan fingerprint density at radius 2 is 1.95 bits per heavy atom. The number of nitrogens with zero attached hydrogens (tertiary/aromatic N) is 2. The molecule has 0 bridgehead atoms. The lowest BCUT2D eigenvalue weighted by Crippen LogP contribution is -2.62. The van der Waals surface area contributed by atoms with Gasteiger partial charge in [0, 0.05) is 0 Å². The van der Waals surface area contributed by atoms with Crippen molar-refractivity contribution in [1.82, 2.24) is 9.97 Å². The van der Waals surface area contributed by atoms with Crippen LogP contribution in [-0.2, 0) is 4.74 Å². The van der Waals surface area contributed by atoms with Crippen molar-refractivity contribution in [3.63, 3.8) is 0 Å². The Morgan fingerprint density at radius 1 is 1.32 bits per heavy atom. The van der Waals surface area contributed by atoms with Crippen molar-refractivity contribution in [3.05, 3.63) is 12.0 Å². The van der Waals surface area contributed by atoms with E-state index in [0.29, 0.717) is 0 Å². The predicted octanol–water partition coefficient (Wildman–Crippen LogP) is -0.0923. The lowest BCUT2D eigenvalue weighted by molar-refractivity contribution is -0.0975. The molecular weight excluding hydrogens is 252 g/mol. The molecule has 19 heavy (non-hydrogen) atoms. The fourth-order valence-electron chi connectivity index (χ4n) is 1.67. The normalized spacial score (nSPS) is 28.9. The van der Waals surface area contributed by atoms with Crippen LogP contribution in [-0.4, -0.2) is 44.2 Å². The monoisotopic (exact) mass is 268 g/mol. The highest BCUT2D eigenvalue weighted by Crippen LogP contribution is 2.36. The molecule has 104 valence electrons. The molecule has 1 aliphatic rings. The molecule has 4 N–H and O–H groups in total. The Hall–Kier alpha value is -1.93. The number of esters is 1. The number of anilines is 2. The number of hydrogen-bond acceptors (Lipinski definition) is 8. The Morgan fingerprint density at radius 3 is 2.58 bits per heavy atom. The maximum Gasteiger partial charge on any atom is 0.359 e. The molecule has 2 heterocycles. The van der Waals surface area contributed by atoms with Gasteiger partial charge in [-0.05, 0) is 20.8 Å². The topological polar surface area (TPSA) is 117 Å². The van der Waals surface area contributed by atoms with E-state index in [0.717, 1.165) is 0 Å². The molecule has 0 aliphatic carbocycles. The highest BCUT2D eigenvalue weighted by atomic mass is 16.5. The van der Waals surface area contributed by atoms with E-state index in [1.807, 2.05) is 0 Å². The number of hydrogen-bond donors (Lipinski definition) is 4. The summed E-state index contributed by atoms with van der Waals surface area (Å²) >= 11 is 0. The molecule has 0 spiro atoms. The summed E-state index contributed by atoms with van der Waals surface area (Å²) in [6.07, 6.45) is 1.18. The predicted molar refractivity (Wildman–Crippen MR) is 66.5 cm³/mol.